The Bertz CT molecular complexity index is 843. The number of aromatic nitrogens is 1. The first-order valence-corrected chi connectivity index (χ1v) is 9.05. The van der Waals surface area contributed by atoms with Crippen LogP contribution in [-0.4, -0.2) is 40.5 Å². The van der Waals surface area contributed by atoms with Crippen molar-refractivity contribution in [2.75, 3.05) is 11.9 Å². The van der Waals surface area contributed by atoms with Crippen LogP contribution in [0, 0.1) is 0 Å². The van der Waals surface area contributed by atoms with E-state index in [0.29, 0.717) is 22.7 Å². The van der Waals surface area contributed by atoms with Crippen LogP contribution < -0.4 is 15.4 Å². The summed E-state index contributed by atoms with van der Waals surface area (Å²) in [6.45, 7) is -0.454. The van der Waals surface area contributed by atoms with Crippen molar-refractivity contribution in [3.63, 3.8) is 0 Å². The Balaban J connectivity index is 1.55. The van der Waals surface area contributed by atoms with E-state index < -0.39 is 18.4 Å². The van der Waals surface area contributed by atoms with Crippen molar-refractivity contribution >= 4 is 23.5 Å². The van der Waals surface area contributed by atoms with Gasteiger partial charge in [0.05, 0.1) is 5.56 Å². The Labute approximate surface area is 161 Å². The summed E-state index contributed by atoms with van der Waals surface area (Å²) in [7, 11) is 0. The second-order valence-corrected chi connectivity index (χ2v) is 6.52. The zero-order valence-electron chi connectivity index (χ0n) is 15.2. The monoisotopic (exact) mass is 383 g/mol. The fraction of sp³-hybridized carbons (Fsp3) is 0.300. The summed E-state index contributed by atoms with van der Waals surface area (Å²) < 4.78 is 5.78. The van der Waals surface area contributed by atoms with Gasteiger partial charge in [-0.2, -0.15) is 0 Å². The topological polar surface area (TPSA) is 118 Å². The second-order valence-electron chi connectivity index (χ2n) is 6.52. The molecule has 0 bridgehead atoms. The number of hydrogen-bond acceptors (Lipinski definition) is 5. The van der Waals surface area contributed by atoms with Gasteiger partial charge in [0, 0.05) is 23.5 Å². The van der Waals surface area contributed by atoms with Gasteiger partial charge in [0.1, 0.15) is 12.6 Å². The van der Waals surface area contributed by atoms with E-state index >= 15 is 0 Å². The Morgan fingerprint density at radius 2 is 1.68 bits per heavy atom. The summed E-state index contributed by atoms with van der Waals surface area (Å²) in [6.07, 6.45) is 6.09. The molecule has 2 aromatic rings. The van der Waals surface area contributed by atoms with Crippen molar-refractivity contribution in [3.8, 4) is 5.88 Å². The van der Waals surface area contributed by atoms with Gasteiger partial charge in [-0.25, -0.2) is 4.98 Å². The average Bonchev–Trinajstić information content (AvgIpc) is 3.20. The van der Waals surface area contributed by atoms with Crippen molar-refractivity contribution in [1.29, 1.82) is 0 Å². The van der Waals surface area contributed by atoms with Crippen molar-refractivity contribution in [2.24, 2.45) is 0 Å². The molecule has 0 radical (unpaired) electrons. The predicted octanol–water partition coefficient (Wildman–Crippen LogP) is 2.47. The van der Waals surface area contributed by atoms with Gasteiger partial charge in [-0.15, -0.1) is 0 Å². The number of benzene rings is 1. The summed E-state index contributed by atoms with van der Waals surface area (Å²) in [4.78, 5) is 38.8. The van der Waals surface area contributed by atoms with Crippen LogP contribution in [0.3, 0.4) is 0 Å². The van der Waals surface area contributed by atoms with E-state index in [1.165, 1.54) is 31.2 Å². The normalized spacial score (nSPS) is 13.7. The highest BCUT2D eigenvalue weighted by atomic mass is 16.5. The van der Waals surface area contributed by atoms with Crippen molar-refractivity contribution < 1.29 is 24.2 Å². The van der Waals surface area contributed by atoms with E-state index in [-0.39, 0.29) is 12.0 Å². The summed E-state index contributed by atoms with van der Waals surface area (Å²) in [5, 5.41) is 13.6. The number of carbonyl (C=O) groups is 3. The largest absolute Gasteiger partial charge is 0.480 e. The lowest BCUT2D eigenvalue weighted by Gasteiger charge is -2.12. The number of nitrogens with one attached hydrogen (secondary N) is 2. The number of rotatable bonds is 7. The highest BCUT2D eigenvalue weighted by Crippen LogP contribution is 2.23. The maximum Gasteiger partial charge on any atom is 0.322 e. The maximum atomic E-state index is 12.3. The second kappa shape index (κ2) is 8.98. The average molecular weight is 383 g/mol. The third kappa shape index (κ3) is 5.29. The zero-order chi connectivity index (χ0) is 19.9. The number of hydrogen-bond donors (Lipinski definition) is 3. The first-order valence-electron chi connectivity index (χ1n) is 9.05. The summed E-state index contributed by atoms with van der Waals surface area (Å²) in [5.74, 6) is -1.43. The van der Waals surface area contributed by atoms with Crippen LogP contribution in [0.2, 0.25) is 0 Å². The van der Waals surface area contributed by atoms with Gasteiger partial charge in [-0.1, -0.05) is 0 Å². The van der Waals surface area contributed by atoms with Crippen LogP contribution in [-0.2, 0) is 4.79 Å². The molecule has 0 aliphatic heterocycles. The van der Waals surface area contributed by atoms with Crippen molar-refractivity contribution in [1.82, 2.24) is 10.3 Å². The molecular formula is C20H21N3O5. The standard InChI is InChI=1S/C20H21N3O5/c24-18(25)12-22-19(26)13-5-8-15(9-6-13)23-20(27)14-7-10-17(21-11-14)28-16-3-1-2-4-16/h5-11,16H,1-4,12H2,(H,22,26)(H,23,27)(H,24,25). The van der Waals surface area contributed by atoms with E-state index in [2.05, 4.69) is 15.6 Å². The Morgan fingerprint density at radius 1 is 1.00 bits per heavy atom. The fourth-order valence-electron chi connectivity index (χ4n) is 2.93. The molecule has 1 aliphatic rings. The molecule has 1 heterocycles. The van der Waals surface area contributed by atoms with E-state index in [1.54, 1.807) is 24.3 Å². The molecule has 28 heavy (non-hydrogen) atoms. The van der Waals surface area contributed by atoms with Gasteiger partial charge in [-0.3, -0.25) is 14.4 Å². The quantitative estimate of drug-likeness (QED) is 0.676. The number of anilines is 1. The molecule has 0 unspecified atom stereocenters. The number of carboxylic acid groups (broad SMARTS) is 1. The SMILES string of the molecule is O=C(O)CNC(=O)c1ccc(NC(=O)c2ccc(OC3CCCC3)nc2)cc1. The number of nitrogens with zero attached hydrogens (tertiary/aromatic N) is 1. The summed E-state index contributed by atoms with van der Waals surface area (Å²) >= 11 is 0. The summed E-state index contributed by atoms with van der Waals surface area (Å²) in [6, 6.07) is 9.48. The van der Waals surface area contributed by atoms with Crippen LogP contribution >= 0.6 is 0 Å². The van der Waals surface area contributed by atoms with Crippen LogP contribution in [0.15, 0.2) is 42.6 Å². The number of carboxylic acids is 1. The van der Waals surface area contributed by atoms with Gasteiger partial charge >= 0.3 is 5.97 Å². The minimum Gasteiger partial charge on any atom is -0.480 e. The molecule has 8 nitrogen and oxygen atoms in total. The Morgan fingerprint density at radius 3 is 2.29 bits per heavy atom. The van der Waals surface area contributed by atoms with Gasteiger partial charge in [0.15, 0.2) is 0 Å². The minimum atomic E-state index is -1.12. The number of aliphatic carboxylic acids is 1. The maximum absolute atomic E-state index is 12.3. The molecule has 0 spiro atoms. The molecule has 0 saturated heterocycles. The van der Waals surface area contributed by atoms with Gasteiger partial charge in [-0.05, 0) is 56.0 Å². The lowest BCUT2D eigenvalue weighted by Crippen LogP contribution is -2.29. The van der Waals surface area contributed by atoms with Gasteiger partial charge in [0.2, 0.25) is 5.88 Å². The molecule has 2 amide bonds. The first kappa shape index (κ1) is 19.3. The molecule has 3 N–H and O–H groups in total. The van der Waals surface area contributed by atoms with E-state index in [0.717, 1.165) is 12.8 Å². The molecule has 1 saturated carbocycles. The predicted molar refractivity (Wildman–Crippen MR) is 101 cm³/mol. The van der Waals surface area contributed by atoms with Crippen molar-refractivity contribution in [2.45, 2.75) is 31.8 Å². The fourth-order valence-corrected chi connectivity index (χ4v) is 2.93. The van der Waals surface area contributed by atoms with E-state index in [4.69, 9.17) is 9.84 Å². The third-order valence-corrected chi connectivity index (χ3v) is 4.39. The first-order chi connectivity index (χ1) is 13.5. The highest BCUT2D eigenvalue weighted by molar-refractivity contribution is 6.04. The van der Waals surface area contributed by atoms with E-state index in [1.807, 2.05) is 0 Å². The third-order valence-electron chi connectivity index (χ3n) is 4.39. The molecule has 1 aromatic heterocycles. The van der Waals surface area contributed by atoms with Crippen LogP contribution in [0.1, 0.15) is 46.4 Å². The van der Waals surface area contributed by atoms with Gasteiger partial charge < -0.3 is 20.5 Å². The highest BCUT2D eigenvalue weighted by Gasteiger charge is 2.17. The Kier molecular flexibility index (Phi) is 6.21. The molecule has 8 heteroatoms. The lowest BCUT2D eigenvalue weighted by atomic mass is 10.2. The molecule has 1 aliphatic carbocycles. The number of carbonyl (C=O) groups excluding carboxylic acids is 2. The smallest absolute Gasteiger partial charge is 0.322 e. The molecule has 1 fully saturated rings. The van der Waals surface area contributed by atoms with Crippen LogP contribution in [0.5, 0.6) is 5.88 Å². The minimum absolute atomic E-state index is 0.207. The molecular weight excluding hydrogens is 362 g/mol. The zero-order valence-corrected chi connectivity index (χ0v) is 15.2. The molecule has 3 rings (SSSR count). The molecule has 146 valence electrons. The number of ether oxygens (including phenoxy) is 1. The Hall–Kier alpha value is -3.42. The van der Waals surface area contributed by atoms with Crippen LogP contribution in [0.4, 0.5) is 5.69 Å². The van der Waals surface area contributed by atoms with E-state index in [9.17, 15) is 14.4 Å². The molecule has 0 atom stereocenters. The lowest BCUT2D eigenvalue weighted by molar-refractivity contribution is -0.135. The van der Waals surface area contributed by atoms with Gasteiger partial charge in [0.25, 0.3) is 11.8 Å². The van der Waals surface area contributed by atoms with Crippen LogP contribution in [0.25, 0.3) is 0 Å². The number of amides is 2. The van der Waals surface area contributed by atoms with Crippen molar-refractivity contribution in [3.05, 3.63) is 53.7 Å². The number of pyridine rings is 1. The summed E-state index contributed by atoms with van der Waals surface area (Å²) in [5.41, 5.74) is 1.20. The molecule has 1 aromatic carbocycles.